The summed E-state index contributed by atoms with van der Waals surface area (Å²) >= 11 is 0. The first-order valence-electron chi connectivity index (χ1n) is 10.4. The third-order valence-corrected chi connectivity index (χ3v) is 6.08. The van der Waals surface area contributed by atoms with Crippen LogP contribution in [0.1, 0.15) is 19.3 Å². The molecule has 0 bridgehead atoms. The third-order valence-electron chi connectivity index (χ3n) is 6.08. The molecule has 2 saturated heterocycles. The highest BCUT2D eigenvalue weighted by Gasteiger charge is 2.34. The molecule has 152 valence electrons. The molecular weight excluding hydrogens is 359 g/mol. The number of carbonyl (C=O) groups is 2. The van der Waals surface area contributed by atoms with E-state index in [-0.39, 0.29) is 11.7 Å². The largest absolute Gasteiger partial charge is 0.368 e. The molecule has 0 N–H and O–H groups in total. The molecule has 1 aromatic rings. The van der Waals surface area contributed by atoms with E-state index in [2.05, 4.69) is 9.80 Å². The Morgan fingerprint density at radius 1 is 0.857 bits per heavy atom. The van der Waals surface area contributed by atoms with Gasteiger partial charge in [-0.3, -0.25) is 14.5 Å². The van der Waals surface area contributed by atoms with E-state index in [4.69, 9.17) is 0 Å². The number of amides is 2. The van der Waals surface area contributed by atoms with E-state index >= 15 is 0 Å². The highest BCUT2D eigenvalue weighted by Crippen LogP contribution is 2.31. The number of anilines is 1. The average Bonchev–Trinajstić information content (AvgIpc) is 3.58. The Hall–Kier alpha value is -2.15. The molecule has 28 heavy (non-hydrogen) atoms. The van der Waals surface area contributed by atoms with Gasteiger partial charge in [0, 0.05) is 76.9 Å². The van der Waals surface area contributed by atoms with Gasteiger partial charge >= 0.3 is 0 Å². The van der Waals surface area contributed by atoms with Gasteiger partial charge in [0.05, 0.1) is 0 Å². The molecule has 0 radical (unpaired) electrons. The number of hydrogen-bond donors (Lipinski definition) is 0. The molecule has 2 heterocycles. The van der Waals surface area contributed by atoms with Crippen LogP contribution in [0.15, 0.2) is 24.3 Å². The summed E-state index contributed by atoms with van der Waals surface area (Å²) in [5.41, 5.74) is 1.01. The second-order valence-electron chi connectivity index (χ2n) is 8.04. The lowest BCUT2D eigenvalue weighted by Gasteiger charge is -2.37. The van der Waals surface area contributed by atoms with E-state index in [1.165, 1.54) is 12.1 Å². The number of benzene rings is 1. The summed E-state index contributed by atoms with van der Waals surface area (Å²) in [6.45, 7) is 7.05. The Labute approximate surface area is 165 Å². The minimum Gasteiger partial charge on any atom is -0.368 e. The first-order chi connectivity index (χ1) is 13.6. The highest BCUT2D eigenvalue weighted by molar-refractivity contribution is 5.81. The predicted octanol–water partition coefficient (Wildman–Crippen LogP) is 1.42. The maximum atomic E-state index is 13.1. The van der Waals surface area contributed by atoms with Gasteiger partial charge in [-0.25, -0.2) is 4.39 Å². The molecule has 1 aliphatic carbocycles. The summed E-state index contributed by atoms with van der Waals surface area (Å²) in [4.78, 5) is 33.1. The Morgan fingerprint density at radius 3 is 2.07 bits per heavy atom. The van der Waals surface area contributed by atoms with Gasteiger partial charge in [0.15, 0.2) is 0 Å². The molecule has 6 nitrogen and oxygen atoms in total. The molecule has 0 unspecified atom stereocenters. The molecule has 3 fully saturated rings. The number of rotatable bonds is 5. The van der Waals surface area contributed by atoms with Crippen LogP contribution in [0.4, 0.5) is 10.1 Å². The quantitative estimate of drug-likeness (QED) is 0.766. The summed E-state index contributed by atoms with van der Waals surface area (Å²) in [6, 6.07) is 6.54. The smallest absolute Gasteiger partial charge is 0.225 e. The van der Waals surface area contributed by atoms with Crippen LogP contribution in [0, 0.1) is 11.7 Å². The van der Waals surface area contributed by atoms with E-state index in [0.717, 1.165) is 64.3 Å². The summed E-state index contributed by atoms with van der Waals surface area (Å²) in [7, 11) is 0. The summed E-state index contributed by atoms with van der Waals surface area (Å²) in [6.07, 6.45) is 2.65. The molecule has 0 atom stereocenters. The monoisotopic (exact) mass is 388 g/mol. The van der Waals surface area contributed by atoms with E-state index in [1.807, 2.05) is 9.80 Å². The third kappa shape index (κ3) is 4.63. The predicted molar refractivity (Wildman–Crippen MR) is 106 cm³/mol. The van der Waals surface area contributed by atoms with Crippen LogP contribution in [0.5, 0.6) is 0 Å². The van der Waals surface area contributed by atoms with Crippen molar-refractivity contribution in [2.24, 2.45) is 5.92 Å². The molecule has 0 aromatic heterocycles. The van der Waals surface area contributed by atoms with Crippen LogP contribution >= 0.6 is 0 Å². The topological polar surface area (TPSA) is 47.1 Å². The van der Waals surface area contributed by atoms with Crippen molar-refractivity contribution < 1.29 is 14.0 Å². The van der Waals surface area contributed by atoms with Crippen molar-refractivity contribution in [2.75, 3.05) is 63.8 Å². The molecule has 2 aliphatic heterocycles. The van der Waals surface area contributed by atoms with Crippen LogP contribution in [0.25, 0.3) is 0 Å². The van der Waals surface area contributed by atoms with Crippen LogP contribution in [0.3, 0.4) is 0 Å². The maximum absolute atomic E-state index is 13.1. The van der Waals surface area contributed by atoms with Crippen LogP contribution in [-0.2, 0) is 9.59 Å². The number of nitrogens with zero attached hydrogens (tertiary/aromatic N) is 4. The first-order valence-corrected chi connectivity index (χ1v) is 10.4. The Bertz CT molecular complexity index is 691. The minimum absolute atomic E-state index is 0.204. The number of carbonyl (C=O) groups excluding carboxylic acids is 2. The number of hydrogen-bond acceptors (Lipinski definition) is 4. The lowest BCUT2D eigenvalue weighted by molar-refractivity contribution is -0.135. The molecule has 1 saturated carbocycles. The maximum Gasteiger partial charge on any atom is 0.225 e. The zero-order chi connectivity index (χ0) is 19.5. The SMILES string of the molecule is O=C(CCN1CCN(C(=O)C2CC2)CC1)N1CCN(c2ccc(F)cc2)CC1. The number of halogens is 1. The highest BCUT2D eigenvalue weighted by atomic mass is 19.1. The van der Waals surface area contributed by atoms with E-state index in [0.29, 0.717) is 31.3 Å². The normalized spacial score (nSPS) is 21.1. The van der Waals surface area contributed by atoms with Crippen molar-refractivity contribution in [1.29, 1.82) is 0 Å². The Morgan fingerprint density at radius 2 is 1.46 bits per heavy atom. The summed E-state index contributed by atoms with van der Waals surface area (Å²) in [5, 5.41) is 0. The van der Waals surface area contributed by atoms with Gasteiger partial charge in [0.25, 0.3) is 0 Å². The first kappa shape index (κ1) is 19.2. The van der Waals surface area contributed by atoms with Crippen molar-refractivity contribution in [3.8, 4) is 0 Å². The number of piperazine rings is 2. The molecule has 7 heteroatoms. The average molecular weight is 388 g/mol. The van der Waals surface area contributed by atoms with Gasteiger partial charge in [-0.05, 0) is 37.1 Å². The van der Waals surface area contributed by atoms with Crippen molar-refractivity contribution >= 4 is 17.5 Å². The second kappa shape index (κ2) is 8.47. The van der Waals surface area contributed by atoms with Crippen molar-refractivity contribution in [3.05, 3.63) is 30.1 Å². The molecule has 4 rings (SSSR count). The van der Waals surface area contributed by atoms with Gasteiger partial charge in [0.2, 0.25) is 11.8 Å². The van der Waals surface area contributed by atoms with Crippen LogP contribution < -0.4 is 4.90 Å². The van der Waals surface area contributed by atoms with E-state index < -0.39 is 0 Å². The standard InChI is InChI=1S/C21H29FN4O2/c22-18-3-5-19(6-4-18)24-13-15-25(16-14-24)20(27)7-8-23-9-11-26(12-10-23)21(28)17-1-2-17/h3-6,17H,1-2,7-16H2. The van der Waals surface area contributed by atoms with Gasteiger partial charge in [-0.15, -0.1) is 0 Å². The molecular formula is C21H29FN4O2. The lowest BCUT2D eigenvalue weighted by atomic mass is 10.2. The van der Waals surface area contributed by atoms with Crippen LogP contribution in [-0.4, -0.2) is 85.4 Å². The fraction of sp³-hybridized carbons (Fsp3) is 0.619. The summed E-state index contributed by atoms with van der Waals surface area (Å²) < 4.78 is 13.1. The molecule has 0 spiro atoms. The van der Waals surface area contributed by atoms with Crippen molar-refractivity contribution in [1.82, 2.24) is 14.7 Å². The second-order valence-corrected chi connectivity index (χ2v) is 8.04. The lowest BCUT2D eigenvalue weighted by Crippen LogP contribution is -2.51. The van der Waals surface area contributed by atoms with Crippen molar-refractivity contribution in [3.63, 3.8) is 0 Å². The zero-order valence-electron chi connectivity index (χ0n) is 16.4. The fourth-order valence-electron chi connectivity index (χ4n) is 4.06. The minimum atomic E-state index is -0.227. The van der Waals surface area contributed by atoms with E-state index in [1.54, 1.807) is 12.1 Å². The van der Waals surface area contributed by atoms with Gasteiger partial charge in [0.1, 0.15) is 5.82 Å². The summed E-state index contributed by atoms with van der Waals surface area (Å²) in [5.74, 6) is 0.599. The van der Waals surface area contributed by atoms with Gasteiger partial charge in [-0.1, -0.05) is 0 Å². The molecule has 3 aliphatic rings. The molecule has 1 aromatic carbocycles. The van der Waals surface area contributed by atoms with Crippen LogP contribution in [0.2, 0.25) is 0 Å². The fourth-order valence-corrected chi connectivity index (χ4v) is 4.06. The Kier molecular flexibility index (Phi) is 5.80. The van der Waals surface area contributed by atoms with E-state index in [9.17, 15) is 14.0 Å². The Balaban J connectivity index is 1.16. The van der Waals surface area contributed by atoms with Gasteiger partial charge < -0.3 is 14.7 Å². The molecule has 2 amide bonds. The van der Waals surface area contributed by atoms with Gasteiger partial charge in [-0.2, -0.15) is 0 Å². The van der Waals surface area contributed by atoms with Crippen molar-refractivity contribution in [2.45, 2.75) is 19.3 Å². The zero-order valence-corrected chi connectivity index (χ0v) is 16.4.